The zero-order valence-corrected chi connectivity index (χ0v) is 12.2. The van der Waals surface area contributed by atoms with Gasteiger partial charge < -0.3 is 5.32 Å². The molecule has 4 nitrogen and oxygen atoms in total. The fourth-order valence-corrected chi connectivity index (χ4v) is 2.21. The molecule has 0 radical (unpaired) electrons. The zero-order valence-electron chi connectivity index (χ0n) is 11.4. The van der Waals surface area contributed by atoms with Gasteiger partial charge in [0.25, 0.3) is 0 Å². The predicted octanol–water partition coefficient (Wildman–Crippen LogP) is 4.24. The number of benzene rings is 1. The van der Waals surface area contributed by atoms with E-state index in [1.807, 2.05) is 49.4 Å². The molecular formula is C16H13ClN4. The summed E-state index contributed by atoms with van der Waals surface area (Å²) >= 11 is 5.97. The number of hydrogen-bond acceptors (Lipinski definition) is 4. The third kappa shape index (κ3) is 3.17. The first kappa shape index (κ1) is 13.5. The molecule has 0 aliphatic carbocycles. The highest BCUT2D eigenvalue weighted by Crippen LogP contribution is 2.22. The van der Waals surface area contributed by atoms with E-state index in [0.29, 0.717) is 11.0 Å². The third-order valence-corrected chi connectivity index (χ3v) is 3.25. The average molecular weight is 297 g/mol. The van der Waals surface area contributed by atoms with Crippen molar-refractivity contribution >= 4 is 23.2 Å². The first-order chi connectivity index (χ1) is 10.2. The molecule has 1 aromatic carbocycles. The van der Waals surface area contributed by atoms with Gasteiger partial charge in [0, 0.05) is 34.4 Å². The predicted molar refractivity (Wildman–Crippen MR) is 84.7 cm³/mol. The van der Waals surface area contributed by atoms with Gasteiger partial charge in [-0.3, -0.25) is 4.98 Å². The zero-order chi connectivity index (χ0) is 14.7. The van der Waals surface area contributed by atoms with Gasteiger partial charge in [0.05, 0.1) is 5.69 Å². The van der Waals surface area contributed by atoms with E-state index in [1.165, 1.54) is 0 Å². The Morgan fingerprint density at radius 1 is 1.00 bits per heavy atom. The standard InChI is InChI=1S/C16H13ClN4/c1-11-14(6-3-8-18-11)15-7-9-19-16(21-15)20-13-5-2-4-12(17)10-13/h2-10H,1H3,(H,19,20,21). The van der Waals surface area contributed by atoms with Crippen LogP contribution in [0.4, 0.5) is 11.6 Å². The first-order valence-corrected chi connectivity index (χ1v) is 6.88. The Bertz CT molecular complexity index is 773. The molecule has 0 saturated heterocycles. The minimum absolute atomic E-state index is 0.526. The SMILES string of the molecule is Cc1ncccc1-c1ccnc(Nc2cccc(Cl)c2)n1. The highest BCUT2D eigenvalue weighted by molar-refractivity contribution is 6.30. The van der Waals surface area contributed by atoms with E-state index in [0.717, 1.165) is 22.6 Å². The quantitative estimate of drug-likeness (QED) is 0.785. The van der Waals surface area contributed by atoms with Crippen LogP contribution < -0.4 is 5.32 Å². The summed E-state index contributed by atoms with van der Waals surface area (Å²) in [7, 11) is 0. The second kappa shape index (κ2) is 5.89. The molecule has 0 unspecified atom stereocenters. The van der Waals surface area contributed by atoms with Gasteiger partial charge >= 0.3 is 0 Å². The fraction of sp³-hybridized carbons (Fsp3) is 0.0625. The Morgan fingerprint density at radius 3 is 2.71 bits per heavy atom. The number of rotatable bonds is 3. The monoisotopic (exact) mass is 296 g/mol. The van der Waals surface area contributed by atoms with Crippen LogP contribution in [0.3, 0.4) is 0 Å². The van der Waals surface area contributed by atoms with Crippen molar-refractivity contribution in [3.8, 4) is 11.3 Å². The number of aromatic nitrogens is 3. The van der Waals surface area contributed by atoms with Crippen molar-refractivity contribution in [2.24, 2.45) is 0 Å². The van der Waals surface area contributed by atoms with Crippen LogP contribution in [0.5, 0.6) is 0 Å². The van der Waals surface area contributed by atoms with Gasteiger partial charge in [0.15, 0.2) is 0 Å². The van der Waals surface area contributed by atoms with E-state index < -0.39 is 0 Å². The van der Waals surface area contributed by atoms with Gasteiger partial charge in [-0.2, -0.15) is 0 Å². The van der Waals surface area contributed by atoms with E-state index in [1.54, 1.807) is 12.4 Å². The van der Waals surface area contributed by atoms with E-state index in [2.05, 4.69) is 20.3 Å². The minimum atomic E-state index is 0.526. The maximum Gasteiger partial charge on any atom is 0.227 e. The van der Waals surface area contributed by atoms with Crippen molar-refractivity contribution in [3.63, 3.8) is 0 Å². The lowest BCUT2D eigenvalue weighted by atomic mass is 10.1. The van der Waals surface area contributed by atoms with E-state index >= 15 is 0 Å². The molecule has 5 heteroatoms. The molecular weight excluding hydrogens is 284 g/mol. The van der Waals surface area contributed by atoms with Crippen LogP contribution in [0, 0.1) is 6.92 Å². The number of nitrogens with zero attached hydrogens (tertiary/aromatic N) is 3. The van der Waals surface area contributed by atoms with Gasteiger partial charge in [-0.25, -0.2) is 9.97 Å². The molecule has 1 N–H and O–H groups in total. The fourth-order valence-electron chi connectivity index (χ4n) is 2.02. The first-order valence-electron chi connectivity index (χ1n) is 6.50. The van der Waals surface area contributed by atoms with Crippen molar-refractivity contribution in [2.45, 2.75) is 6.92 Å². The molecule has 2 heterocycles. The van der Waals surface area contributed by atoms with Crippen molar-refractivity contribution < 1.29 is 0 Å². The number of anilines is 2. The largest absolute Gasteiger partial charge is 0.324 e. The van der Waals surface area contributed by atoms with Gasteiger partial charge in [0.1, 0.15) is 0 Å². The Kier molecular flexibility index (Phi) is 3.79. The summed E-state index contributed by atoms with van der Waals surface area (Å²) in [5.41, 5.74) is 3.61. The van der Waals surface area contributed by atoms with Gasteiger partial charge in [-0.05, 0) is 43.3 Å². The van der Waals surface area contributed by atoms with Crippen LogP contribution in [-0.2, 0) is 0 Å². The van der Waals surface area contributed by atoms with E-state index in [-0.39, 0.29) is 0 Å². The number of nitrogens with one attached hydrogen (secondary N) is 1. The van der Waals surface area contributed by atoms with Crippen molar-refractivity contribution in [1.29, 1.82) is 0 Å². The summed E-state index contributed by atoms with van der Waals surface area (Å²) in [6, 6.07) is 13.2. The molecule has 21 heavy (non-hydrogen) atoms. The summed E-state index contributed by atoms with van der Waals surface area (Å²) in [4.78, 5) is 13.0. The van der Waals surface area contributed by atoms with Crippen molar-refractivity contribution in [3.05, 3.63) is 65.6 Å². The summed E-state index contributed by atoms with van der Waals surface area (Å²) in [5, 5.41) is 3.81. The number of halogens is 1. The lowest BCUT2D eigenvalue weighted by molar-refractivity contribution is 1.14. The number of aryl methyl sites for hydroxylation is 1. The van der Waals surface area contributed by atoms with Crippen LogP contribution in [0.1, 0.15) is 5.69 Å². The number of hydrogen-bond donors (Lipinski definition) is 1. The molecule has 3 rings (SSSR count). The normalized spacial score (nSPS) is 10.4. The molecule has 0 aliphatic heterocycles. The lowest BCUT2D eigenvalue weighted by Gasteiger charge is -2.08. The van der Waals surface area contributed by atoms with E-state index in [4.69, 9.17) is 11.6 Å². The molecule has 3 aromatic rings. The maximum absolute atomic E-state index is 5.97. The maximum atomic E-state index is 5.97. The average Bonchev–Trinajstić information content (AvgIpc) is 2.48. The molecule has 0 amide bonds. The lowest BCUT2D eigenvalue weighted by Crippen LogP contribution is -1.98. The molecule has 0 spiro atoms. The van der Waals surface area contributed by atoms with Crippen molar-refractivity contribution in [2.75, 3.05) is 5.32 Å². The van der Waals surface area contributed by atoms with Gasteiger partial charge in [-0.1, -0.05) is 17.7 Å². The van der Waals surface area contributed by atoms with Gasteiger partial charge in [-0.15, -0.1) is 0 Å². The van der Waals surface area contributed by atoms with E-state index in [9.17, 15) is 0 Å². The molecule has 0 bridgehead atoms. The Balaban J connectivity index is 1.92. The summed E-state index contributed by atoms with van der Waals surface area (Å²) in [6.07, 6.45) is 3.49. The molecule has 0 aliphatic rings. The second-order valence-electron chi connectivity index (χ2n) is 4.54. The Morgan fingerprint density at radius 2 is 1.90 bits per heavy atom. The second-order valence-corrected chi connectivity index (χ2v) is 4.97. The third-order valence-electron chi connectivity index (χ3n) is 3.02. The van der Waals surface area contributed by atoms with Crippen molar-refractivity contribution in [1.82, 2.24) is 15.0 Å². The molecule has 0 saturated carbocycles. The molecule has 2 aromatic heterocycles. The van der Waals surface area contributed by atoms with Gasteiger partial charge in [0.2, 0.25) is 5.95 Å². The van der Waals surface area contributed by atoms with Crippen LogP contribution in [0.15, 0.2) is 54.9 Å². The summed E-state index contributed by atoms with van der Waals surface area (Å²) in [5.74, 6) is 0.526. The van der Waals surface area contributed by atoms with Crippen LogP contribution >= 0.6 is 11.6 Å². The molecule has 0 atom stereocenters. The number of pyridine rings is 1. The summed E-state index contributed by atoms with van der Waals surface area (Å²) < 4.78 is 0. The molecule has 104 valence electrons. The highest BCUT2D eigenvalue weighted by atomic mass is 35.5. The molecule has 0 fully saturated rings. The highest BCUT2D eigenvalue weighted by Gasteiger charge is 2.06. The Hall–Kier alpha value is -2.46. The minimum Gasteiger partial charge on any atom is -0.324 e. The topological polar surface area (TPSA) is 50.7 Å². The summed E-state index contributed by atoms with van der Waals surface area (Å²) in [6.45, 7) is 1.96. The van der Waals surface area contributed by atoms with Crippen LogP contribution in [-0.4, -0.2) is 15.0 Å². The van der Waals surface area contributed by atoms with Crippen LogP contribution in [0.2, 0.25) is 5.02 Å². The smallest absolute Gasteiger partial charge is 0.227 e. The Labute approximate surface area is 127 Å². The van der Waals surface area contributed by atoms with Crippen LogP contribution in [0.25, 0.3) is 11.3 Å².